The minimum atomic E-state index is -0.596. The van der Waals surface area contributed by atoms with Crippen molar-refractivity contribution in [3.8, 4) is 0 Å². The standard InChI is InChI=1S/C13H14BrNO2/c14-11-3-1-2-9(6-11)12(16)15-7-13(17,8-15)10-4-5-10/h1-3,6,10,17H,4-5,7-8H2. The smallest absolute Gasteiger partial charge is 0.254 e. The van der Waals surface area contributed by atoms with Crippen LogP contribution in [0.1, 0.15) is 23.2 Å². The van der Waals surface area contributed by atoms with Gasteiger partial charge in [0.2, 0.25) is 0 Å². The highest BCUT2D eigenvalue weighted by molar-refractivity contribution is 9.10. The summed E-state index contributed by atoms with van der Waals surface area (Å²) in [6.45, 7) is 0.978. The van der Waals surface area contributed by atoms with Gasteiger partial charge >= 0.3 is 0 Å². The minimum Gasteiger partial charge on any atom is -0.386 e. The number of rotatable bonds is 2. The first-order valence-electron chi connectivity index (χ1n) is 5.86. The molecule has 1 aromatic rings. The minimum absolute atomic E-state index is 0.0108. The van der Waals surface area contributed by atoms with Crippen molar-refractivity contribution < 1.29 is 9.90 Å². The van der Waals surface area contributed by atoms with Crippen LogP contribution in [-0.2, 0) is 0 Å². The van der Waals surface area contributed by atoms with E-state index in [4.69, 9.17) is 0 Å². The summed E-state index contributed by atoms with van der Waals surface area (Å²) in [4.78, 5) is 13.8. The Morgan fingerprint density at radius 3 is 2.71 bits per heavy atom. The summed E-state index contributed by atoms with van der Waals surface area (Å²) >= 11 is 3.36. The van der Waals surface area contributed by atoms with E-state index in [0.717, 1.165) is 17.3 Å². The molecule has 1 N–H and O–H groups in total. The Labute approximate surface area is 109 Å². The van der Waals surface area contributed by atoms with Crippen molar-refractivity contribution in [2.24, 2.45) is 5.92 Å². The van der Waals surface area contributed by atoms with Gasteiger partial charge in [-0.25, -0.2) is 0 Å². The molecule has 0 radical (unpaired) electrons. The average molecular weight is 296 g/mol. The molecule has 4 heteroatoms. The lowest BCUT2D eigenvalue weighted by Gasteiger charge is -2.47. The normalized spacial score (nSPS) is 22.1. The molecule has 0 spiro atoms. The Hall–Kier alpha value is -0.870. The van der Waals surface area contributed by atoms with Gasteiger partial charge in [0.05, 0.1) is 13.1 Å². The molecule has 1 amide bonds. The number of carbonyl (C=O) groups excluding carboxylic acids is 1. The van der Waals surface area contributed by atoms with Crippen LogP contribution in [0.5, 0.6) is 0 Å². The summed E-state index contributed by atoms with van der Waals surface area (Å²) in [5, 5.41) is 10.2. The van der Waals surface area contributed by atoms with E-state index in [9.17, 15) is 9.90 Å². The zero-order valence-electron chi connectivity index (χ0n) is 9.40. The highest BCUT2D eigenvalue weighted by atomic mass is 79.9. The van der Waals surface area contributed by atoms with Gasteiger partial charge in [-0.3, -0.25) is 4.79 Å². The summed E-state index contributed by atoms with van der Waals surface area (Å²) < 4.78 is 0.904. The van der Waals surface area contributed by atoms with Crippen LogP contribution in [-0.4, -0.2) is 34.6 Å². The highest BCUT2D eigenvalue weighted by Crippen LogP contribution is 2.44. The Kier molecular flexibility index (Phi) is 2.52. The van der Waals surface area contributed by atoms with E-state index in [0.29, 0.717) is 24.6 Å². The first-order chi connectivity index (χ1) is 8.08. The summed E-state index contributed by atoms with van der Waals surface area (Å²) in [5.41, 5.74) is 0.0824. The number of hydrogen-bond donors (Lipinski definition) is 1. The topological polar surface area (TPSA) is 40.5 Å². The maximum Gasteiger partial charge on any atom is 0.254 e. The number of carbonyl (C=O) groups is 1. The molecule has 3 nitrogen and oxygen atoms in total. The van der Waals surface area contributed by atoms with E-state index < -0.39 is 5.60 Å². The van der Waals surface area contributed by atoms with Gasteiger partial charge in [0.1, 0.15) is 5.60 Å². The molecule has 1 saturated heterocycles. The van der Waals surface area contributed by atoms with Crippen LogP contribution in [0, 0.1) is 5.92 Å². The summed E-state index contributed by atoms with van der Waals surface area (Å²) in [5.74, 6) is 0.436. The molecule has 0 bridgehead atoms. The molecule has 0 atom stereocenters. The van der Waals surface area contributed by atoms with E-state index >= 15 is 0 Å². The van der Waals surface area contributed by atoms with Gasteiger partial charge in [0.25, 0.3) is 5.91 Å². The van der Waals surface area contributed by atoms with Crippen molar-refractivity contribution in [2.45, 2.75) is 18.4 Å². The van der Waals surface area contributed by atoms with Gasteiger partial charge in [-0.05, 0) is 37.0 Å². The van der Waals surface area contributed by atoms with Gasteiger partial charge < -0.3 is 10.0 Å². The largest absolute Gasteiger partial charge is 0.386 e. The number of halogens is 1. The highest BCUT2D eigenvalue weighted by Gasteiger charge is 2.53. The number of amides is 1. The molecule has 0 aromatic heterocycles. The second kappa shape index (κ2) is 3.82. The molecule has 90 valence electrons. The van der Waals surface area contributed by atoms with Crippen molar-refractivity contribution in [3.63, 3.8) is 0 Å². The van der Waals surface area contributed by atoms with Crippen LogP contribution in [0.2, 0.25) is 0 Å². The van der Waals surface area contributed by atoms with E-state index in [-0.39, 0.29) is 5.91 Å². The van der Waals surface area contributed by atoms with Crippen molar-refractivity contribution in [1.82, 2.24) is 4.90 Å². The second-order valence-electron chi connectivity index (χ2n) is 5.05. The quantitative estimate of drug-likeness (QED) is 0.907. The maximum atomic E-state index is 12.1. The van der Waals surface area contributed by atoms with Gasteiger partial charge in [0.15, 0.2) is 0 Å². The molecule has 1 aromatic carbocycles. The molecule has 1 heterocycles. The number of aliphatic hydroxyl groups is 1. The van der Waals surface area contributed by atoms with Crippen LogP contribution in [0.4, 0.5) is 0 Å². The third-order valence-corrected chi connectivity index (χ3v) is 4.12. The van der Waals surface area contributed by atoms with E-state index in [2.05, 4.69) is 15.9 Å². The van der Waals surface area contributed by atoms with E-state index in [1.807, 2.05) is 24.3 Å². The molecule has 1 saturated carbocycles. The number of nitrogens with zero attached hydrogens (tertiary/aromatic N) is 1. The predicted molar refractivity (Wildman–Crippen MR) is 67.7 cm³/mol. The van der Waals surface area contributed by atoms with Crippen molar-refractivity contribution >= 4 is 21.8 Å². The predicted octanol–water partition coefficient (Wildman–Crippen LogP) is 2.05. The van der Waals surface area contributed by atoms with E-state index in [1.54, 1.807) is 4.90 Å². The third kappa shape index (κ3) is 2.00. The molecule has 1 aliphatic heterocycles. The first kappa shape index (κ1) is 11.2. The van der Waals surface area contributed by atoms with Crippen LogP contribution < -0.4 is 0 Å². The fraction of sp³-hybridized carbons (Fsp3) is 0.462. The Morgan fingerprint density at radius 2 is 2.12 bits per heavy atom. The molecular weight excluding hydrogens is 282 g/mol. The zero-order valence-corrected chi connectivity index (χ0v) is 11.0. The molecule has 0 unspecified atom stereocenters. The summed E-state index contributed by atoms with van der Waals surface area (Å²) in [7, 11) is 0. The van der Waals surface area contributed by atoms with Gasteiger partial charge in [0, 0.05) is 10.0 Å². The molecule has 2 fully saturated rings. The molecular formula is C13H14BrNO2. The number of likely N-dealkylation sites (tertiary alicyclic amines) is 1. The lowest BCUT2D eigenvalue weighted by molar-refractivity contribution is -0.0958. The molecule has 1 aliphatic carbocycles. The van der Waals surface area contributed by atoms with Crippen LogP contribution in [0.25, 0.3) is 0 Å². The molecule has 3 rings (SSSR count). The Morgan fingerprint density at radius 1 is 1.41 bits per heavy atom. The maximum absolute atomic E-state index is 12.1. The first-order valence-corrected chi connectivity index (χ1v) is 6.65. The van der Waals surface area contributed by atoms with Gasteiger partial charge in [-0.2, -0.15) is 0 Å². The Bertz CT molecular complexity index is 464. The van der Waals surface area contributed by atoms with Crippen LogP contribution >= 0.6 is 15.9 Å². The van der Waals surface area contributed by atoms with Crippen LogP contribution in [0.3, 0.4) is 0 Å². The number of benzene rings is 1. The monoisotopic (exact) mass is 295 g/mol. The Balaban J connectivity index is 1.69. The second-order valence-corrected chi connectivity index (χ2v) is 5.97. The number of hydrogen-bond acceptors (Lipinski definition) is 2. The summed E-state index contributed by atoms with van der Waals surface area (Å²) in [6, 6.07) is 7.37. The molecule has 17 heavy (non-hydrogen) atoms. The fourth-order valence-corrected chi connectivity index (χ4v) is 2.84. The van der Waals surface area contributed by atoms with Crippen molar-refractivity contribution in [1.29, 1.82) is 0 Å². The van der Waals surface area contributed by atoms with Gasteiger partial charge in [-0.1, -0.05) is 22.0 Å². The summed E-state index contributed by atoms with van der Waals surface area (Å²) in [6.07, 6.45) is 2.21. The lowest BCUT2D eigenvalue weighted by Crippen LogP contribution is -2.64. The van der Waals surface area contributed by atoms with E-state index in [1.165, 1.54) is 0 Å². The number of β-amino-alcohol motifs (C(OH)–C–C–N with tert-alkyl or cyclic N) is 1. The zero-order chi connectivity index (χ0) is 12.0. The third-order valence-electron chi connectivity index (χ3n) is 3.63. The van der Waals surface area contributed by atoms with Crippen molar-refractivity contribution in [2.75, 3.05) is 13.1 Å². The van der Waals surface area contributed by atoms with Crippen molar-refractivity contribution in [3.05, 3.63) is 34.3 Å². The SMILES string of the molecule is O=C(c1cccc(Br)c1)N1CC(O)(C2CC2)C1. The fourth-order valence-electron chi connectivity index (χ4n) is 2.44. The van der Waals surface area contributed by atoms with Crippen LogP contribution in [0.15, 0.2) is 28.7 Å². The lowest BCUT2D eigenvalue weighted by atomic mass is 9.88. The van der Waals surface area contributed by atoms with Gasteiger partial charge in [-0.15, -0.1) is 0 Å². The molecule has 2 aliphatic rings. The average Bonchev–Trinajstić information content (AvgIpc) is 3.08.